The van der Waals surface area contributed by atoms with Gasteiger partial charge in [-0.15, -0.1) is 48.0 Å². The van der Waals surface area contributed by atoms with Crippen LogP contribution in [0.15, 0.2) is 0 Å². The monoisotopic (exact) mass is 364 g/mol. The minimum atomic E-state index is 0. The van der Waals surface area contributed by atoms with E-state index in [2.05, 4.69) is 9.80 Å². The fourth-order valence-electron chi connectivity index (χ4n) is 3.01. The highest BCUT2D eigenvalue weighted by atomic mass is 35.5. The molecule has 2 rings (SSSR count). The molecule has 0 N–H and O–H groups in total. The zero-order valence-electron chi connectivity index (χ0n) is 12.1. The van der Waals surface area contributed by atoms with E-state index in [1.807, 2.05) is 0 Å². The van der Waals surface area contributed by atoms with Gasteiger partial charge in [0.25, 0.3) is 0 Å². The van der Waals surface area contributed by atoms with Crippen LogP contribution in [0.5, 0.6) is 0 Å². The maximum Gasteiger partial charge on any atom is 0.0639 e. The first kappa shape index (κ1) is 21.1. The molecule has 2 fully saturated rings. The molecular weight excluding hydrogens is 338 g/mol. The van der Waals surface area contributed by atoms with Gasteiger partial charge in [-0.2, -0.15) is 0 Å². The summed E-state index contributed by atoms with van der Waals surface area (Å²) >= 11 is 13.0. The van der Waals surface area contributed by atoms with E-state index in [-0.39, 0.29) is 35.6 Å². The molecule has 122 valence electrons. The molecule has 2 nitrogen and oxygen atoms in total. The minimum Gasteiger partial charge on any atom is -0.302 e. The van der Waals surface area contributed by atoms with E-state index in [4.69, 9.17) is 23.2 Å². The van der Waals surface area contributed by atoms with Crippen molar-refractivity contribution in [3.63, 3.8) is 0 Å². The normalized spacial score (nSPS) is 24.3. The smallest absolute Gasteiger partial charge is 0.0639 e. The highest BCUT2D eigenvalue weighted by Gasteiger charge is 2.23. The van der Waals surface area contributed by atoms with E-state index in [1.54, 1.807) is 0 Å². The summed E-state index contributed by atoms with van der Waals surface area (Å²) in [5, 5.41) is 0.179. The highest BCUT2D eigenvalue weighted by Crippen LogP contribution is 2.18. The first-order valence-electron chi connectivity index (χ1n) is 7.48. The molecule has 0 radical (unpaired) electrons. The van der Waals surface area contributed by atoms with Crippen LogP contribution in [0.3, 0.4) is 0 Å². The topological polar surface area (TPSA) is 6.48 Å². The molecule has 0 amide bonds. The van der Waals surface area contributed by atoms with Gasteiger partial charge >= 0.3 is 0 Å². The lowest BCUT2D eigenvalue weighted by Crippen LogP contribution is -2.42. The average molecular weight is 366 g/mol. The molecule has 0 aromatic carbocycles. The minimum absolute atomic E-state index is 0. The van der Waals surface area contributed by atoms with Crippen LogP contribution in [0, 0.1) is 0 Å². The molecule has 20 heavy (non-hydrogen) atoms. The molecular formula is C14H28Cl4N2. The third-order valence-electron chi connectivity index (χ3n) is 4.16. The fraction of sp³-hybridized carbons (Fsp3) is 1.00. The second kappa shape index (κ2) is 11.6. The molecule has 2 saturated heterocycles. The van der Waals surface area contributed by atoms with Crippen molar-refractivity contribution in [1.82, 2.24) is 9.80 Å². The summed E-state index contributed by atoms with van der Waals surface area (Å²) in [6.07, 6.45) is 8.04. The number of alkyl halides is 2. The maximum absolute atomic E-state index is 6.48. The van der Waals surface area contributed by atoms with Crippen LogP contribution in [0.25, 0.3) is 0 Å². The fourth-order valence-corrected chi connectivity index (χ4v) is 3.56. The molecule has 0 spiro atoms. The van der Waals surface area contributed by atoms with Crippen LogP contribution in [-0.2, 0) is 0 Å². The summed E-state index contributed by atoms with van der Waals surface area (Å²) in [5.41, 5.74) is 0. The van der Waals surface area contributed by atoms with Gasteiger partial charge < -0.3 is 9.80 Å². The number of likely N-dealkylation sites (tertiary alicyclic amines) is 2. The van der Waals surface area contributed by atoms with Crippen LogP contribution >= 0.6 is 48.0 Å². The third kappa shape index (κ3) is 7.38. The first-order chi connectivity index (χ1) is 8.75. The number of hydrogen-bond acceptors (Lipinski definition) is 2. The van der Waals surface area contributed by atoms with Gasteiger partial charge in [-0.3, -0.25) is 0 Å². The Balaban J connectivity index is 0.00000180. The Bertz CT molecular complexity index is 207. The molecule has 6 heteroatoms. The zero-order valence-corrected chi connectivity index (χ0v) is 15.3. The molecule has 0 aromatic heterocycles. The van der Waals surface area contributed by atoms with Gasteiger partial charge in [0.2, 0.25) is 0 Å². The molecule has 0 saturated carbocycles. The summed E-state index contributed by atoms with van der Waals surface area (Å²) in [7, 11) is 0. The third-order valence-corrected chi connectivity index (χ3v) is 5.17. The molecule has 0 aromatic rings. The standard InChI is InChI=1S/C14H26Cl2N2.2ClH/c15-13(11-17-7-3-1-4-8-17)14(16)12-18-9-5-2-6-10-18;;/h13-14H,1-12H2;2*1H. The number of piperidine rings is 2. The summed E-state index contributed by atoms with van der Waals surface area (Å²) in [4.78, 5) is 4.96. The highest BCUT2D eigenvalue weighted by molar-refractivity contribution is 6.30. The second-order valence-electron chi connectivity index (χ2n) is 5.75. The number of nitrogens with zero attached hydrogens (tertiary/aromatic N) is 2. The number of halogens is 4. The van der Waals surface area contributed by atoms with E-state index in [1.165, 1.54) is 64.7 Å². The molecule has 2 heterocycles. The van der Waals surface area contributed by atoms with Crippen LogP contribution in [0.2, 0.25) is 0 Å². The van der Waals surface area contributed by atoms with Crippen LogP contribution in [0.4, 0.5) is 0 Å². The summed E-state index contributed by atoms with van der Waals surface area (Å²) < 4.78 is 0. The van der Waals surface area contributed by atoms with Gasteiger partial charge in [-0.05, 0) is 51.9 Å². The Morgan fingerprint density at radius 1 is 0.600 bits per heavy atom. The van der Waals surface area contributed by atoms with E-state index >= 15 is 0 Å². The van der Waals surface area contributed by atoms with Crippen molar-refractivity contribution in [2.24, 2.45) is 0 Å². The van der Waals surface area contributed by atoms with Gasteiger partial charge in [0.1, 0.15) is 0 Å². The van der Waals surface area contributed by atoms with Gasteiger partial charge in [0.15, 0.2) is 0 Å². The van der Waals surface area contributed by atoms with Gasteiger partial charge in [0, 0.05) is 13.1 Å². The predicted octanol–water partition coefficient (Wildman–Crippen LogP) is 4.02. The molecule has 0 bridgehead atoms. The Labute approximate surface area is 146 Å². The van der Waals surface area contributed by atoms with Crippen molar-refractivity contribution in [2.75, 3.05) is 39.3 Å². The summed E-state index contributed by atoms with van der Waals surface area (Å²) in [6, 6.07) is 0. The van der Waals surface area contributed by atoms with Crippen LogP contribution < -0.4 is 0 Å². The molecule has 2 aliphatic heterocycles. The number of hydrogen-bond donors (Lipinski definition) is 0. The van der Waals surface area contributed by atoms with E-state index in [9.17, 15) is 0 Å². The molecule has 2 atom stereocenters. The second-order valence-corrected chi connectivity index (χ2v) is 6.88. The predicted molar refractivity (Wildman–Crippen MR) is 94.4 cm³/mol. The maximum atomic E-state index is 6.48. The Hall–Kier alpha value is 1.08. The van der Waals surface area contributed by atoms with Crippen molar-refractivity contribution in [1.29, 1.82) is 0 Å². The summed E-state index contributed by atoms with van der Waals surface area (Å²) in [6.45, 7) is 6.74. The zero-order chi connectivity index (χ0) is 12.8. The van der Waals surface area contributed by atoms with Gasteiger partial charge in [-0.25, -0.2) is 0 Å². The molecule has 2 aliphatic rings. The first-order valence-corrected chi connectivity index (χ1v) is 8.36. The number of rotatable bonds is 5. The SMILES string of the molecule is Cl.Cl.ClC(CN1CCCCC1)C(Cl)CN1CCCCC1. The van der Waals surface area contributed by atoms with E-state index < -0.39 is 0 Å². The Kier molecular flexibility index (Phi) is 12.2. The van der Waals surface area contributed by atoms with Crippen molar-refractivity contribution in [3.05, 3.63) is 0 Å². The lowest BCUT2D eigenvalue weighted by atomic mass is 10.1. The molecule has 0 aliphatic carbocycles. The molecule has 2 unspecified atom stereocenters. The van der Waals surface area contributed by atoms with Crippen molar-refractivity contribution in [2.45, 2.75) is 49.3 Å². The largest absolute Gasteiger partial charge is 0.302 e. The van der Waals surface area contributed by atoms with Crippen LogP contribution in [-0.4, -0.2) is 59.8 Å². The van der Waals surface area contributed by atoms with Crippen molar-refractivity contribution >= 4 is 48.0 Å². The Morgan fingerprint density at radius 2 is 0.900 bits per heavy atom. The van der Waals surface area contributed by atoms with Crippen molar-refractivity contribution in [3.8, 4) is 0 Å². The van der Waals surface area contributed by atoms with Crippen LogP contribution in [0.1, 0.15) is 38.5 Å². The lowest BCUT2D eigenvalue weighted by Gasteiger charge is -2.32. The lowest BCUT2D eigenvalue weighted by molar-refractivity contribution is 0.205. The average Bonchev–Trinajstić information content (AvgIpc) is 2.41. The van der Waals surface area contributed by atoms with Crippen molar-refractivity contribution < 1.29 is 0 Å². The van der Waals surface area contributed by atoms with E-state index in [0.29, 0.717) is 0 Å². The van der Waals surface area contributed by atoms with Gasteiger partial charge in [-0.1, -0.05) is 12.8 Å². The summed E-state index contributed by atoms with van der Waals surface area (Å²) in [5.74, 6) is 0. The van der Waals surface area contributed by atoms with Gasteiger partial charge in [0.05, 0.1) is 10.8 Å². The van der Waals surface area contributed by atoms with E-state index in [0.717, 1.165) is 13.1 Å². The quantitative estimate of drug-likeness (QED) is 0.679. The Morgan fingerprint density at radius 3 is 1.20 bits per heavy atom.